The number of rotatable bonds is 5. The second-order valence-electron chi connectivity index (χ2n) is 5.40. The Morgan fingerprint density at radius 1 is 1.43 bits per heavy atom. The van der Waals surface area contributed by atoms with Gasteiger partial charge in [-0.15, -0.1) is 0 Å². The van der Waals surface area contributed by atoms with Crippen molar-refractivity contribution in [2.45, 2.75) is 12.8 Å². The lowest BCUT2D eigenvalue weighted by Gasteiger charge is -2.13. The third-order valence-electron chi connectivity index (χ3n) is 3.71. The maximum atomic E-state index is 13.9. The van der Waals surface area contributed by atoms with Gasteiger partial charge in [0.15, 0.2) is 0 Å². The third kappa shape index (κ3) is 3.20. The van der Waals surface area contributed by atoms with Crippen LogP contribution in [-0.2, 0) is 4.79 Å². The van der Waals surface area contributed by atoms with Gasteiger partial charge in [-0.25, -0.2) is 4.39 Å². The molecule has 0 unspecified atom stereocenters. The number of nitrogens with one attached hydrogen (secondary N) is 2. The largest absolute Gasteiger partial charge is 0.382 e. The normalized spacial score (nSPS) is 13.6. The Bertz CT molecular complexity index is 814. The number of benzene rings is 1. The van der Waals surface area contributed by atoms with E-state index in [0.29, 0.717) is 29.2 Å². The van der Waals surface area contributed by atoms with E-state index >= 15 is 0 Å². The molecule has 5 nitrogen and oxygen atoms in total. The molecule has 3 rings (SSSR count). The molecule has 1 aromatic carbocycles. The summed E-state index contributed by atoms with van der Waals surface area (Å²) in [5.41, 5.74) is 0.821. The average molecular weight is 333 g/mol. The van der Waals surface area contributed by atoms with Crippen molar-refractivity contribution in [2.75, 3.05) is 18.4 Å². The van der Waals surface area contributed by atoms with Crippen LogP contribution in [0.3, 0.4) is 0 Å². The number of carbonyl (C=O) groups excluding carboxylic acids is 1. The number of aromatic nitrogens is 1. The number of pyridine rings is 1. The number of nitriles is 1. The monoisotopic (exact) mass is 332 g/mol. The van der Waals surface area contributed by atoms with Crippen LogP contribution >= 0.6 is 11.6 Å². The molecule has 2 aromatic rings. The fraction of sp³-hybridized carbons (Fsp3) is 0.312. The van der Waals surface area contributed by atoms with Crippen LogP contribution in [0.1, 0.15) is 18.4 Å². The standard InChI is InChI=1S/C16H14ClFN4O/c17-11-3-4-12(18)15-13(11)14(10(7-19)8-22-15)20-5-6-21-16(23)9-1-2-9/h3-4,8-9H,1-2,5-6H2,(H,20,22)(H,21,23). The van der Waals surface area contributed by atoms with Crippen LogP contribution in [0, 0.1) is 23.1 Å². The second kappa shape index (κ2) is 6.39. The Balaban J connectivity index is 1.82. The highest BCUT2D eigenvalue weighted by Crippen LogP contribution is 2.33. The summed E-state index contributed by atoms with van der Waals surface area (Å²) in [4.78, 5) is 15.5. The van der Waals surface area contributed by atoms with Crippen LogP contribution in [0.25, 0.3) is 10.9 Å². The Morgan fingerprint density at radius 3 is 2.91 bits per heavy atom. The maximum Gasteiger partial charge on any atom is 0.223 e. The number of hydrogen-bond donors (Lipinski definition) is 2. The number of fused-ring (bicyclic) bond motifs is 1. The molecule has 0 aliphatic heterocycles. The molecule has 1 amide bonds. The number of amides is 1. The minimum Gasteiger partial charge on any atom is -0.382 e. The SMILES string of the molecule is N#Cc1cnc2c(F)ccc(Cl)c2c1NCCNC(=O)C1CC1. The van der Waals surface area contributed by atoms with Gasteiger partial charge in [0.1, 0.15) is 17.4 Å². The zero-order chi connectivity index (χ0) is 16.4. The summed E-state index contributed by atoms with van der Waals surface area (Å²) in [5.74, 6) is -0.301. The molecular weight excluding hydrogens is 319 g/mol. The Morgan fingerprint density at radius 2 is 2.22 bits per heavy atom. The van der Waals surface area contributed by atoms with Crippen molar-refractivity contribution in [1.29, 1.82) is 5.26 Å². The van der Waals surface area contributed by atoms with E-state index in [1.54, 1.807) is 0 Å². The molecule has 23 heavy (non-hydrogen) atoms. The van der Waals surface area contributed by atoms with Gasteiger partial charge in [-0.2, -0.15) is 5.26 Å². The topological polar surface area (TPSA) is 77.8 Å². The summed E-state index contributed by atoms with van der Waals surface area (Å²) in [6.45, 7) is 0.816. The van der Waals surface area contributed by atoms with E-state index in [9.17, 15) is 14.4 Å². The van der Waals surface area contributed by atoms with E-state index in [0.717, 1.165) is 12.8 Å². The number of nitrogens with zero attached hydrogens (tertiary/aromatic N) is 2. The van der Waals surface area contributed by atoms with Crippen molar-refractivity contribution in [3.05, 3.63) is 34.7 Å². The molecule has 1 aliphatic carbocycles. The van der Waals surface area contributed by atoms with Crippen molar-refractivity contribution in [1.82, 2.24) is 10.3 Å². The van der Waals surface area contributed by atoms with E-state index in [1.165, 1.54) is 18.3 Å². The van der Waals surface area contributed by atoms with Gasteiger partial charge < -0.3 is 10.6 Å². The van der Waals surface area contributed by atoms with Gasteiger partial charge in [-0.3, -0.25) is 9.78 Å². The van der Waals surface area contributed by atoms with Crippen molar-refractivity contribution in [3.8, 4) is 6.07 Å². The van der Waals surface area contributed by atoms with E-state index < -0.39 is 5.82 Å². The Kier molecular flexibility index (Phi) is 4.30. The van der Waals surface area contributed by atoms with Crippen molar-refractivity contribution < 1.29 is 9.18 Å². The zero-order valence-corrected chi connectivity index (χ0v) is 13.0. The number of hydrogen-bond acceptors (Lipinski definition) is 4. The first kappa shape index (κ1) is 15.5. The molecule has 0 atom stereocenters. The Labute approximate surface area is 137 Å². The quantitative estimate of drug-likeness (QED) is 0.825. The molecule has 1 heterocycles. The van der Waals surface area contributed by atoms with E-state index in [2.05, 4.69) is 15.6 Å². The predicted molar refractivity (Wildman–Crippen MR) is 85.6 cm³/mol. The van der Waals surface area contributed by atoms with Crippen LogP contribution < -0.4 is 10.6 Å². The molecule has 0 bridgehead atoms. The Hall–Kier alpha value is -2.39. The summed E-state index contributed by atoms with van der Waals surface area (Å²) >= 11 is 6.15. The highest BCUT2D eigenvalue weighted by Gasteiger charge is 2.29. The first-order chi connectivity index (χ1) is 11.1. The van der Waals surface area contributed by atoms with Gasteiger partial charge in [0.25, 0.3) is 0 Å². The summed E-state index contributed by atoms with van der Waals surface area (Å²) in [7, 11) is 0. The first-order valence-electron chi connectivity index (χ1n) is 7.30. The predicted octanol–water partition coefficient (Wildman–Crippen LogP) is 2.84. The second-order valence-corrected chi connectivity index (χ2v) is 5.81. The lowest BCUT2D eigenvalue weighted by molar-refractivity contribution is -0.122. The molecule has 0 spiro atoms. The number of carbonyl (C=O) groups is 1. The van der Waals surface area contributed by atoms with Gasteiger partial charge >= 0.3 is 0 Å². The summed E-state index contributed by atoms with van der Waals surface area (Å²) in [6, 6.07) is 4.69. The van der Waals surface area contributed by atoms with Gasteiger partial charge in [-0.1, -0.05) is 11.6 Å². The molecule has 0 saturated heterocycles. The highest BCUT2D eigenvalue weighted by atomic mass is 35.5. The molecular formula is C16H14ClFN4O. The van der Waals surface area contributed by atoms with Crippen LogP contribution in [0.4, 0.5) is 10.1 Å². The average Bonchev–Trinajstić information content (AvgIpc) is 3.39. The lowest BCUT2D eigenvalue weighted by Crippen LogP contribution is -2.30. The molecule has 2 N–H and O–H groups in total. The molecule has 1 fully saturated rings. The fourth-order valence-corrected chi connectivity index (χ4v) is 2.61. The van der Waals surface area contributed by atoms with Gasteiger partial charge in [0.2, 0.25) is 5.91 Å². The number of anilines is 1. The van der Waals surface area contributed by atoms with Gasteiger partial charge in [0.05, 0.1) is 16.3 Å². The van der Waals surface area contributed by atoms with Crippen LogP contribution in [0.5, 0.6) is 0 Å². The van der Waals surface area contributed by atoms with Crippen molar-refractivity contribution in [3.63, 3.8) is 0 Å². The summed E-state index contributed by atoms with van der Waals surface area (Å²) < 4.78 is 13.9. The molecule has 118 valence electrons. The van der Waals surface area contributed by atoms with E-state index in [-0.39, 0.29) is 22.9 Å². The molecule has 7 heteroatoms. The molecule has 1 saturated carbocycles. The molecule has 1 aliphatic rings. The fourth-order valence-electron chi connectivity index (χ4n) is 2.36. The van der Waals surface area contributed by atoms with Crippen molar-refractivity contribution in [2.24, 2.45) is 5.92 Å². The summed E-state index contributed by atoms with van der Waals surface area (Å²) in [5, 5.41) is 15.8. The maximum absolute atomic E-state index is 13.9. The summed E-state index contributed by atoms with van der Waals surface area (Å²) in [6.07, 6.45) is 3.20. The minimum atomic E-state index is -0.501. The van der Waals surface area contributed by atoms with Crippen LogP contribution in [-0.4, -0.2) is 24.0 Å². The lowest BCUT2D eigenvalue weighted by atomic mass is 10.1. The minimum absolute atomic E-state index is 0.0518. The van der Waals surface area contributed by atoms with Crippen LogP contribution in [0.15, 0.2) is 18.3 Å². The third-order valence-corrected chi connectivity index (χ3v) is 4.03. The first-order valence-corrected chi connectivity index (χ1v) is 7.68. The van der Waals surface area contributed by atoms with Crippen molar-refractivity contribution >= 4 is 34.1 Å². The van der Waals surface area contributed by atoms with E-state index in [1.807, 2.05) is 6.07 Å². The van der Waals surface area contributed by atoms with Crippen LogP contribution in [0.2, 0.25) is 5.02 Å². The highest BCUT2D eigenvalue weighted by molar-refractivity contribution is 6.36. The number of halogens is 2. The molecule has 0 radical (unpaired) electrons. The van der Waals surface area contributed by atoms with Gasteiger partial charge in [0, 0.05) is 30.6 Å². The molecule has 1 aromatic heterocycles. The smallest absolute Gasteiger partial charge is 0.223 e. The zero-order valence-electron chi connectivity index (χ0n) is 12.2. The van der Waals surface area contributed by atoms with Gasteiger partial charge in [-0.05, 0) is 25.0 Å². The van der Waals surface area contributed by atoms with E-state index in [4.69, 9.17) is 11.6 Å².